The summed E-state index contributed by atoms with van der Waals surface area (Å²) in [4.78, 5) is 24.5. The summed E-state index contributed by atoms with van der Waals surface area (Å²) in [7, 11) is 0. The Balaban J connectivity index is 1.75. The highest BCUT2D eigenvalue weighted by Gasteiger charge is 2.52. The van der Waals surface area contributed by atoms with Gasteiger partial charge in [-0.05, 0) is 58.2 Å². The van der Waals surface area contributed by atoms with E-state index in [0.29, 0.717) is 45.5 Å². The average Bonchev–Trinajstić information content (AvgIpc) is 2.76. The Hall–Kier alpha value is -2.35. The molecule has 1 spiro atoms. The smallest absolute Gasteiger partial charge is 0.163 e. The summed E-state index contributed by atoms with van der Waals surface area (Å²) in [5.74, 6) is 1.55. The number of carbonyl (C=O) groups is 1. The maximum atomic E-state index is 12.6. The van der Waals surface area contributed by atoms with Crippen LogP contribution in [0.5, 0.6) is 5.75 Å². The van der Waals surface area contributed by atoms with E-state index >= 15 is 0 Å². The number of nitrogens with zero attached hydrogens (tertiary/aromatic N) is 3. The van der Waals surface area contributed by atoms with Crippen molar-refractivity contribution in [2.75, 3.05) is 24.6 Å². The van der Waals surface area contributed by atoms with Crippen molar-refractivity contribution in [3.8, 4) is 17.1 Å². The van der Waals surface area contributed by atoms with Crippen LogP contribution in [0.15, 0.2) is 23.9 Å². The zero-order chi connectivity index (χ0) is 26.2. The van der Waals surface area contributed by atoms with Crippen LogP contribution >= 0.6 is 23.2 Å². The van der Waals surface area contributed by atoms with Crippen molar-refractivity contribution in [1.82, 2.24) is 9.97 Å². The summed E-state index contributed by atoms with van der Waals surface area (Å²) < 4.78 is 5.81. The molecule has 1 aromatic heterocycles. The Morgan fingerprint density at radius 1 is 1.31 bits per heavy atom. The first-order chi connectivity index (χ1) is 17.0. The summed E-state index contributed by atoms with van der Waals surface area (Å²) in [6.07, 6.45) is 3.00. The van der Waals surface area contributed by atoms with E-state index in [0.717, 1.165) is 43.7 Å². The monoisotopic (exact) mass is 532 g/mol. The molecular weight excluding hydrogens is 499 g/mol. The minimum Gasteiger partial charge on any atom is -0.491 e. The van der Waals surface area contributed by atoms with Gasteiger partial charge in [0.05, 0.1) is 22.4 Å². The van der Waals surface area contributed by atoms with E-state index in [2.05, 4.69) is 4.90 Å². The van der Waals surface area contributed by atoms with Gasteiger partial charge in [0.1, 0.15) is 18.2 Å². The average molecular weight is 534 g/mol. The lowest BCUT2D eigenvalue weighted by molar-refractivity contribution is -0.111. The Labute approximate surface area is 222 Å². The third kappa shape index (κ3) is 5.34. The normalized spacial score (nSPS) is 18.4. The number of alkyl halides is 1. The first-order valence-corrected chi connectivity index (χ1v) is 13.2. The first kappa shape index (κ1) is 26.7. The van der Waals surface area contributed by atoms with Crippen LogP contribution < -0.4 is 15.4 Å². The topological polar surface area (TPSA) is 102 Å². The molecule has 1 aliphatic heterocycles. The molecule has 1 saturated carbocycles. The molecule has 7 nitrogen and oxygen atoms in total. The van der Waals surface area contributed by atoms with E-state index in [-0.39, 0.29) is 23.2 Å². The van der Waals surface area contributed by atoms with Crippen molar-refractivity contribution in [2.45, 2.75) is 64.9 Å². The second-order valence-electron chi connectivity index (χ2n) is 10.2. The molecular formula is C27H34Cl2N4O3. The molecule has 2 fully saturated rings. The fraction of sp³-hybridized carbons (Fsp3) is 0.519. The van der Waals surface area contributed by atoms with Gasteiger partial charge in [0.2, 0.25) is 0 Å². The van der Waals surface area contributed by atoms with Crippen LogP contribution in [0.2, 0.25) is 5.02 Å². The van der Waals surface area contributed by atoms with Crippen LogP contribution in [0.4, 0.5) is 5.82 Å². The molecule has 4 rings (SSSR count). The number of hydrogen-bond donors (Lipinski definition) is 2. The summed E-state index contributed by atoms with van der Waals surface area (Å²) >= 11 is 12.9. The van der Waals surface area contributed by atoms with Crippen LogP contribution in [-0.4, -0.2) is 52.0 Å². The minimum atomic E-state index is -0.545. The molecule has 1 atom stereocenters. The molecule has 36 heavy (non-hydrogen) atoms. The van der Waals surface area contributed by atoms with E-state index in [9.17, 15) is 9.90 Å². The number of aliphatic hydroxyl groups is 1. The largest absolute Gasteiger partial charge is 0.491 e. The van der Waals surface area contributed by atoms with Gasteiger partial charge in [0.25, 0.3) is 0 Å². The molecule has 0 bridgehead atoms. The Bertz CT molecular complexity index is 1180. The Kier molecular flexibility index (Phi) is 7.83. The molecule has 0 unspecified atom stereocenters. The number of aliphatic hydroxyl groups excluding tert-OH is 1. The quantitative estimate of drug-likeness (QED) is 0.340. The molecule has 9 heteroatoms. The van der Waals surface area contributed by atoms with Crippen LogP contribution in [-0.2, 0) is 4.79 Å². The number of benzene rings is 1. The van der Waals surface area contributed by atoms with Gasteiger partial charge >= 0.3 is 0 Å². The predicted octanol–water partition coefficient (Wildman–Crippen LogP) is 5.13. The van der Waals surface area contributed by atoms with E-state index in [4.69, 9.17) is 43.6 Å². The molecule has 0 amide bonds. The summed E-state index contributed by atoms with van der Waals surface area (Å²) in [5, 5.41) is 10.8. The zero-order valence-electron chi connectivity index (χ0n) is 21.3. The molecule has 1 aromatic carbocycles. The second kappa shape index (κ2) is 10.6. The van der Waals surface area contributed by atoms with Crippen molar-refractivity contribution < 1.29 is 14.6 Å². The number of allylic oxidation sites excluding steroid dienone is 2. The predicted molar refractivity (Wildman–Crippen MR) is 145 cm³/mol. The third-order valence-corrected chi connectivity index (χ3v) is 7.65. The highest BCUT2D eigenvalue weighted by molar-refractivity contribution is 6.33. The standard InChI is InChI=1S/C27H34Cl2N4O3/c1-5-6-19(35)12-36-20-7-8-22(29)21(9-20)25-31-24(23(16(3)30)17(4)34)15(2)26(32-25)33-13-27(14-33)10-18(28)11-27/h7-9,18-19,35H,5-6,10-14,30H2,1-4H3/t19-/m1/s1. The molecule has 2 aromatic rings. The van der Waals surface area contributed by atoms with Crippen molar-refractivity contribution in [1.29, 1.82) is 0 Å². The minimum absolute atomic E-state index is 0.161. The van der Waals surface area contributed by atoms with Gasteiger partial charge in [-0.25, -0.2) is 9.97 Å². The lowest BCUT2D eigenvalue weighted by Crippen LogP contribution is -2.63. The highest BCUT2D eigenvalue weighted by Crippen LogP contribution is 2.52. The highest BCUT2D eigenvalue weighted by atomic mass is 35.5. The van der Waals surface area contributed by atoms with Crippen LogP contribution in [0.25, 0.3) is 17.0 Å². The van der Waals surface area contributed by atoms with Gasteiger partial charge in [-0.15, -0.1) is 11.6 Å². The fourth-order valence-corrected chi connectivity index (χ4v) is 6.09. The van der Waals surface area contributed by atoms with E-state index in [1.165, 1.54) is 6.92 Å². The Morgan fingerprint density at radius 2 is 2.00 bits per heavy atom. The molecule has 2 heterocycles. The van der Waals surface area contributed by atoms with Crippen molar-refractivity contribution in [3.63, 3.8) is 0 Å². The number of nitrogens with two attached hydrogens (primary N) is 1. The van der Waals surface area contributed by atoms with Crippen LogP contribution in [0, 0.1) is 12.3 Å². The lowest BCUT2D eigenvalue weighted by Gasteiger charge is -2.58. The van der Waals surface area contributed by atoms with Gasteiger partial charge < -0.3 is 20.5 Å². The van der Waals surface area contributed by atoms with Crippen molar-refractivity contribution >= 4 is 40.4 Å². The molecule has 194 valence electrons. The van der Waals surface area contributed by atoms with Crippen molar-refractivity contribution in [2.24, 2.45) is 11.1 Å². The summed E-state index contributed by atoms with van der Waals surface area (Å²) in [6, 6.07) is 5.25. The molecule has 1 saturated heterocycles. The van der Waals surface area contributed by atoms with Crippen LogP contribution in [0.3, 0.4) is 0 Å². The number of Topliss-reactive ketones (excluding diaryl/α,β-unsaturated/α-hetero) is 1. The molecule has 1 aliphatic carbocycles. The molecule has 3 N–H and O–H groups in total. The Morgan fingerprint density at radius 3 is 2.58 bits per heavy atom. The number of hydrogen-bond acceptors (Lipinski definition) is 7. The SMILES string of the molecule is CCC[C@@H](O)COc1ccc(Cl)c(-c2nc(C(C(C)=O)=C(C)N)c(C)c(N3CC4(CC(Cl)C4)C3)n2)c1. The number of ketones is 1. The fourth-order valence-electron chi connectivity index (χ4n) is 5.23. The number of rotatable bonds is 9. The van der Waals surface area contributed by atoms with Gasteiger partial charge in [-0.3, -0.25) is 4.79 Å². The van der Waals surface area contributed by atoms with E-state index < -0.39 is 6.10 Å². The zero-order valence-corrected chi connectivity index (χ0v) is 22.8. The van der Waals surface area contributed by atoms with Gasteiger partial charge in [0, 0.05) is 40.7 Å². The van der Waals surface area contributed by atoms with Gasteiger partial charge in [-0.2, -0.15) is 0 Å². The number of carbonyl (C=O) groups excluding carboxylic acids is 1. The molecule has 2 aliphatic rings. The number of anilines is 1. The van der Waals surface area contributed by atoms with Gasteiger partial charge in [-0.1, -0.05) is 24.9 Å². The van der Waals surface area contributed by atoms with E-state index in [1.54, 1.807) is 25.1 Å². The number of aromatic nitrogens is 2. The first-order valence-electron chi connectivity index (χ1n) is 12.4. The number of ether oxygens (including phenoxy) is 1. The molecule has 0 radical (unpaired) electrons. The third-order valence-electron chi connectivity index (χ3n) is 7.01. The van der Waals surface area contributed by atoms with Gasteiger partial charge in [0.15, 0.2) is 11.6 Å². The summed E-state index contributed by atoms with van der Waals surface area (Å²) in [6.45, 7) is 9.03. The maximum absolute atomic E-state index is 12.6. The van der Waals surface area contributed by atoms with Crippen molar-refractivity contribution in [3.05, 3.63) is 40.2 Å². The number of halogens is 2. The lowest BCUT2D eigenvalue weighted by atomic mass is 9.63. The summed E-state index contributed by atoms with van der Waals surface area (Å²) in [5.41, 5.74) is 9.06. The van der Waals surface area contributed by atoms with E-state index in [1.807, 2.05) is 13.8 Å². The maximum Gasteiger partial charge on any atom is 0.163 e. The van der Waals surface area contributed by atoms with Crippen LogP contribution in [0.1, 0.15) is 57.7 Å². The second-order valence-corrected chi connectivity index (χ2v) is 11.2.